The van der Waals surface area contributed by atoms with Crippen LogP contribution >= 0.6 is 0 Å². The van der Waals surface area contributed by atoms with E-state index in [0.29, 0.717) is 6.54 Å². The van der Waals surface area contributed by atoms with Crippen LogP contribution in [-0.2, 0) is 13.0 Å². The van der Waals surface area contributed by atoms with Crippen molar-refractivity contribution in [1.29, 1.82) is 0 Å². The summed E-state index contributed by atoms with van der Waals surface area (Å²) in [5.74, 6) is -0.970. The van der Waals surface area contributed by atoms with Gasteiger partial charge in [-0.25, -0.2) is 4.79 Å². The van der Waals surface area contributed by atoms with Crippen molar-refractivity contribution < 1.29 is 9.90 Å². The predicted molar refractivity (Wildman–Crippen MR) is 78.2 cm³/mol. The summed E-state index contributed by atoms with van der Waals surface area (Å²) in [4.78, 5) is 11.1. The standard InChI is InChI=1S/C16H20N2O2/c1-4-5-14-9-15(16(19)20)17-18(14)10-13-8-11(2)6-7-12(13)3/h6-9H,4-5,10H2,1-3H3,(H,19,20). The van der Waals surface area contributed by atoms with Crippen LogP contribution in [0.4, 0.5) is 0 Å². The first-order chi connectivity index (χ1) is 9.51. The molecule has 2 rings (SSSR count). The van der Waals surface area contributed by atoms with Gasteiger partial charge in [0.25, 0.3) is 0 Å². The van der Waals surface area contributed by atoms with Crippen molar-refractivity contribution in [3.8, 4) is 0 Å². The SMILES string of the molecule is CCCc1cc(C(=O)O)nn1Cc1cc(C)ccc1C. The topological polar surface area (TPSA) is 55.1 Å². The van der Waals surface area contributed by atoms with Crippen LogP contribution in [0.15, 0.2) is 24.3 Å². The molecule has 4 nitrogen and oxygen atoms in total. The van der Waals surface area contributed by atoms with E-state index in [0.717, 1.165) is 18.5 Å². The van der Waals surface area contributed by atoms with E-state index >= 15 is 0 Å². The van der Waals surface area contributed by atoms with E-state index in [9.17, 15) is 4.79 Å². The van der Waals surface area contributed by atoms with E-state index in [4.69, 9.17) is 5.11 Å². The van der Waals surface area contributed by atoms with Crippen molar-refractivity contribution in [2.24, 2.45) is 0 Å². The second-order valence-corrected chi connectivity index (χ2v) is 5.16. The Balaban J connectivity index is 2.36. The van der Waals surface area contributed by atoms with Gasteiger partial charge >= 0.3 is 5.97 Å². The monoisotopic (exact) mass is 272 g/mol. The number of nitrogens with zero attached hydrogens (tertiary/aromatic N) is 2. The van der Waals surface area contributed by atoms with Crippen LogP contribution in [-0.4, -0.2) is 20.9 Å². The maximum Gasteiger partial charge on any atom is 0.356 e. The first-order valence-electron chi connectivity index (χ1n) is 6.87. The minimum absolute atomic E-state index is 0.124. The Hall–Kier alpha value is -2.10. The quantitative estimate of drug-likeness (QED) is 0.909. The number of hydrogen-bond donors (Lipinski definition) is 1. The van der Waals surface area contributed by atoms with Gasteiger partial charge in [0.1, 0.15) is 0 Å². The Bertz CT molecular complexity index is 629. The van der Waals surface area contributed by atoms with Gasteiger partial charge in [-0.1, -0.05) is 37.1 Å². The van der Waals surface area contributed by atoms with Crippen LogP contribution in [0.3, 0.4) is 0 Å². The lowest BCUT2D eigenvalue weighted by Crippen LogP contribution is -2.08. The highest BCUT2D eigenvalue weighted by molar-refractivity contribution is 5.85. The summed E-state index contributed by atoms with van der Waals surface area (Å²) in [5.41, 5.74) is 4.69. The molecule has 1 aromatic carbocycles. The highest BCUT2D eigenvalue weighted by Gasteiger charge is 2.13. The fraction of sp³-hybridized carbons (Fsp3) is 0.375. The van der Waals surface area contributed by atoms with E-state index < -0.39 is 5.97 Å². The summed E-state index contributed by atoms with van der Waals surface area (Å²) in [5, 5.41) is 13.3. The zero-order valence-corrected chi connectivity index (χ0v) is 12.2. The molecule has 1 N–H and O–H groups in total. The molecule has 0 atom stereocenters. The molecule has 0 radical (unpaired) electrons. The molecule has 106 valence electrons. The van der Waals surface area contributed by atoms with Crippen molar-refractivity contribution in [3.63, 3.8) is 0 Å². The molecular formula is C16H20N2O2. The van der Waals surface area contributed by atoms with Gasteiger partial charge in [-0.3, -0.25) is 4.68 Å². The third kappa shape index (κ3) is 3.07. The summed E-state index contributed by atoms with van der Waals surface area (Å²) >= 11 is 0. The van der Waals surface area contributed by atoms with Gasteiger partial charge in [-0.2, -0.15) is 5.10 Å². The maximum absolute atomic E-state index is 11.1. The molecule has 0 unspecified atom stereocenters. The van der Waals surface area contributed by atoms with Gasteiger partial charge in [0.2, 0.25) is 0 Å². The minimum atomic E-state index is -0.970. The third-order valence-corrected chi connectivity index (χ3v) is 3.41. The van der Waals surface area contributed by atoms with Crippen molar-refractivity contribution in [2.45, 2.75) is 40.2 Å². The summed E-state index contributed by atoms with van der Waals surface area (Å²) in [6, 6.07) is 7.98. The molecule has 0 aliphatic carbocycles. The summed E-state index contributed by atoms with van der Waals surface area (Å²) in [6.07, 6.45) is 1.81. The number of benzene rings is 1. The molecule has 0 spiro atoms. The Morgan fingerprint density at radius 3 is 2.70 bits per heavy atom. The zero-order valence-electron chi connectivity index (χ0n) is 12.2. The molecular weight excluding hydrogens is 252 g/mol. The number of carboxylic acid groups (broad SMARTS) is 1. The first-order valence-corrected chi connectivity index (χ1v) is 6.87. The predicted octanol–water partition coefficient (Wildman–Crippen LogP) is 3.20. The van der Waals surface area contributed by atoms with Crippen LogP contribution in [0, 0.1) is 13.8 Å². The lowest BCUT2D eigenvalue weighted by Gasteiger charge is -2.10. The first kappa shape index (κ1) is 14.3. The van der Waals surface area contributed by atoms with E-state index in [1.54, 1.807) is 6.07 Å². The third-order valence-electron chi connectivity index (χ3n) is 3.41. The number of hydrogen-bond acceptors (Lipinski definition) is 2. The number of carboxylic acids is 1. The van der Waals surface area contributed by atoms with E-state index in [1.165, 1.54) is 16.7 Å². The number of aryl methyl sites for hydroxylation is 3. The van der Waals surface area contributed by atoms with Gasteiger partial charge in [0.15, 0.2) is 5.69 Å². The molecule has 4 heteroatoms. The van der Waals surface area contributed by atoms with Gasteiger partial charge < -0.3 is 5.11 Å². The highest BCUT2D eigenvalue weighted by atomic mass is 16.4. The molecule has 1 heterocycles. The average Bonchev–Trinajstić information content (AvgIpc) is 2.78. The number of aromatic carboxylic acids is 1. The van der Waals surface area contributed by atoms with Crippen molar-refractivity contribution in [1.82, 2.24) is 9.78 Å². The Kier molecular flexibility index (Phi) is 4.23. The second kappa shape index (κ2) is 5.90. The molecule has 0 fully saturated rings. The smallest absolute Gasteiger partial charge is 0.356 e. The van der Waals surface area contributed by atoms with Crippen LogP contribution in [0.5, 0.6) is 0 Å². The highest BCUT2D eigenvalue weighted by Crippen LogP contribution is 2.15. The largest absolute Gasteiger partial charge is 0.476 e. The molecule has 0 saturated carbocycles. The molecule has 0 aliphatic rings. The molecule has 0 saturated heterocycles. The molecule has 1 aromatic heterocycles. The molecule has 0 aliphatic heterocycles. The number of aromatic nitrogens is 2. The molecule has 0 bridgehead atoms. The lowest BCUT2D eigenvalue weighted by molar-refractivity contribution is 0.0689. The average molecular weight is 272 g/mol. The van der Waals surface area contributed by atoms with E-state index in [2.05, 4.69) is 44.1 Å². The number of carbonyl (C=O) groups is 1. The van der Waals surface area contributed by atoms with E-state index in [1.807, 2.05) is 4.68 Å². The summed E-state index contributed by atoms with van der Waals surface area (Å²) in [7, 11) is 0. The van der Waals surface area contributed by atoms with Crippen molar-refractivity contribution >= 4 is 5.97 Å². The Morgan fingerprint density at radius 2 is 2.05 bits per heavy atom. The van der Waals surface area contributed by atoms with Gasteiger partial charge in [-0.05, 0) is 37.5 Å². The van der Waals surface area contributed by atoms with Gasteiger partial charge in [0.05, 0.1) is 6.54 Å². The van der Waals surface area contributed by atoms with Crippen molar-refractivity contribution in [2.75, 3.05) is 0 Å². The summed E-state index contributed by atoms with van der Waals surface area (Å²) in [6.45, 7) is 6.82. The zero-order chi connectivity index (χ0) is 14.7. The van der Waals surface area contributed by atoms with Crippen LogP contribution in [0.1, 0.15) is 46.2 Å². The Morgan fingerprint density at radius 1 is 1.30 bits per heavy atom. The number of rotatable bonds is 5. The summed E-state index contributed by atoms with van der Waals surface area (Å²) < 4.78 is 1.81. The normalized spacial score (nSPS) is 10.8. The molecule has 20 heavy (non-hydrogen) atoms. The van der Waals surface area contributed by atoms with Gasteiger partial charge in [-0.15, -0.1) is 0 Å². The molecule has 0 amide bonds. The van der Waals surface area contributed by atoms with Crippen LogP contribution < -0.4 is 0 Å². The minimum Gasteiger partial charge on any atom is -0.476 e. The fourth-order valence-corrected chi connectivity index (χ4v) is 2.29. The fourth-order valence-electron chi connectivity index (χ4n) is 2.29. The second-order valence-electron chi connectivity index (χ2n) is 5.16. The lowest BCUT2D eigenvalue weighted by atomic mass is 10.1. The van der Waals surface area contributed by atoms with E-state index in [-0.39, 0.29) is 5.69 Å². The van der Waals surface area contributed by atoms with Crippen LogP contribution in [0.25, 0.3) is 0 Å². The Labute approximate surface area is 119 Å². The molecule has 2 aromatic rings. The van der Waals surface area contributed by atoms with Crippen molar-refractivity contribution in [3.05, 3.63) is 52.3 Å². The van der Waals surface area contributed by atoms with Gasteiger partial charge in [0, 0.05) is 5.69 Å². The van der Waals surface area contributed by atoms with Crippen LogP contribution in [0.2, 0.25) is 0 Å². The maximum atomic E-state index is 11.1.